The Morgan fingerprint density at radius 2 is 1.83 bits per heavy atom. The lowest BCUT2D eigenvalue weighted by atomic mass is 10.1. The maximum atomic E-state index is 5.15. The summed E-state index contributed by atoms with van der Waals surface area (Å²) < 4.78 is 10.2. The number of pyridine rings is 2. The summed E-state index contributed by atoms with van der Waals surface area (Å²) in [6.45, 7) is 0.986. The van der Waals surface area contributed by atoms with Gasteiger partial charge in [0.25, 0.3) is 0 Å². The fraction of sp³-hybridized carbons (Fsp3) is 0.286. The number of ether oxygens (including phenoxy) is 2. The summed E-state index contributed by atoms with van der Waals surface area (Å²) >= 11 is 0. The largest absolute Gasteiger partial charge is 0.378 e. The van der Waals surface area contributed by atoms with Crippen LogP contribution in [0.2, 0.25) is 0 Å². The molecule has 4 nitrogen and oxygen atoms in total. The lowest BCUT2D eigenvalue weighted by Crippen LogP contribution is -1.99. The van der Waals surface area contributed by atoms with E-state index in [4.69, 9.17) is 9.47 Å². The van der Waals surface area contributed by atoms with Gasteiger partial charge in [-0.15, -0.1) is 0 Å². The third kappa shape index (κ3) is 2.91. The summed E-state index contributed by atoms with van der Waals surface area (Å²) in [5.74, 6) is 0. The van der Waals surface area contributed by atoms with Crippen molar-refractivity contribution in [3.63, 3.8) is 0 Å². The zero-order valence-electron chi connectivity index (χ0n) is 10.6. The van der Waals surface area contributed by atoms with Crippen molar-refractivity contribution in [1.29, 1.82) is 0 Å². The third-order valence-electron chi connectivity index (χ3n) is 2.55. The van der Waals surface area contributed by atoms with E-state index in [2.05, 4.69) is 9.97 Å². The van der Waals surface area contributed by atoms with Crippen molar-refractivity contribution in [2.45, 2.75) is 13.2 Å². The molecule has 0 atom stereocenters. The van der Waals surface area contributed by atoms with Crippen LogP contribution in [0.1, 0.15) is 11.4 Å². The monoisotopic (exact) mass is 244 g/mol. The first kappa shape index (κ1) is 12.7. The number of aromatic nitrogens is 2. The summed E-state index contributed by atoms with van der Waals surface area (Å²) in [4.78, 5) is 8.88. The van der Waals surface area contributed by atoms with Gasteiger partial charge in [0, 0.05) is 26.0 Å². The Morgan fingerprint density at radius 1 is 1.00 bits per heavy atom. The summed E-state index contributed by atoms with van der Waals surface area (Å²) in [5, 5.41) is 0. The van der Waals surface area contributed by atoms with Crippen LogP contribution in [0.3, 0.4) is 0 Å². The van der Waals surface area contributed by atoms with Crippen molar-refractivity contribution in [3.8, 4) is 11.3 Å². The van der Waals surface area contributed by atoms with Gasteiger partial charge in [0.15, 0.2) is 0 Å². The molecule has 2 aromatic rings. The molecule has 0 aliphatic heterocycles. The molecule has 2 rings (SSSR count). The Kier molecular flexibility index (Phi) is 4.39. The standard InChI is InChI=1S/C14H16N2O2/c1-17-9-11-5-3-7-13(16-11)12-6-4-8-15-14(12)10-18-2/h3-8H,9-10H2,1-2H3. The van der Waals surface area contributed by atoms with Crippen molar-refractivity contribution in [2.75, 3.05) is 14.2 Å². The van der Waals surface area contributed by atoms with Gasteiger partial charge in [-0.2, -0.15) is 0 Å². The Bertz CT molecular complexity index is 515. The van der Waals surface area contributed by atoms with Crippen LogP contribution in [-0.4, -0.2) is 24.2 Å². The molecule has 0 aliphatic carbocycles. The van der Waals surface area contributed by atoms with E-state index in [1.807, 2.05) is 30.3 Å². The normalized spacial score (nSPS) is 10.6. The second-order valence-electron chi connectivity index (χ2n) is 3.88. The second-order valence-corrected chi connectivity index (χ2v) is 3.88. The van der Waals surface area contributed by atoms with Crippen LogP contribution in [0.4, 0.5) is 0 Å². The van der Waals surface area contributed by atoms with Crippen LogP contribution in [0.5, 0.6) is 0 Å². The number of methoxy groups -OCH3 is 2. The lowest BCUT2D eigenvalue weighted by molar-refractivity contribution is 0.181. The number of rotatable bonds is 5. The maximum absolute atomic E-state index is 5.15. The van der Waals surface area contributed by atoms with Gasteiger partial charge in [0.05, 0.1) is 30.3 Å². The minimum absolute atomic E-state index is 0.479. The van der Waals surface area contributed by atoms with Crippen LogP contribution >= 0.6 is 0 Å². The van der Waals surface area contributed by atoms with Crippen molar-refractivity contribution < 1.29 is 9.47 Å². The molecule has 0 spiro atoms. The summed E-state index contributed by atoms with van der Waals surface area (Å²) in [6.07, 6.45) is 1.76. The molecular formula is C14H16N2O2. The molecule has 0 unspecified atom stereocenters. The molecule has 18 heavy (non-hydrogen) atoms. The van der Waals surface area contributed by atoms with Gasteiger partial charge in [0.1, 0.15) is 0 Å². The van der Waals surface area contributed by atoms with E-state index >= 15 is 0 Å². The van der Waals surface area contributed by atoms with Gasteiger partial charge in [0.2, 0.25) is 0 Å². The maximum Gasteiger partial charge on any atom is 0.0890 e. The Labute approximate surface area is 107 Å². The first-order valence-corrected chi connectivity index (χ1v) is 5.73. The molecular weight excluding hydrogens is 228 g/mol. The van der Waals surface area contributed by atoms with E-state index < -0.39 is 0 Å². The summed E-state index contributed by atoms with van der Waals surface area (Å²) in [7, 11) is 3.32. The third-order valence-corrected chi connectivity index (χ3v) is 2.55. The molecule has 0 amide bonds. The lowest BCUT2D eigenvalue weighted by Gasteiger charge is -2.08. The first-order valence-electron chi connectivity index (χ1n) is 5.73. The molecule has 4 heteroatoms. The second kappa shape index (κ2) is 6.23. The molecule has 0 aliphatic rings. The van der Waals surface area contributed by atoms with E-state index in [0.717, 1.165) is 22.6 Å². The van der Waals surface area contributed by atoms with Gasteiger partial charge < -0.3 is 9.47 Å². The molecule has 0 N–H and O–H groups in total. The van der Waals surface area contributed by atoms with E-state index in [-0.39, 0.29) is 0 Å². The van der Waals surface area contributed by atoms with E-state index in [0.29, 0.717) is 13.2 Å². The highest BCUT2D eigenvalue weighted by molar-refractivity contribution is 5.61. The van der Waals surface area contributed by atoms with Gasteiger partial charge in [-0.3, -0.25) is 9.97 Å². The van der Waals surface area contributed by atoms with Crippen molar-refractivity contribution in [3.05, 3.63) is 47.9 Å². The quantitative estimate of drug-likeness (QED) is 0.810. The minimum atomic E-state index is 0.479. The topological polar surface area (TPSA) is 44.2 Å². The van der Waals surface area contributed by atoms with Crippen LogP contribution in [0.25, 0.3) is 11.3 Å². The Morgan fingerprint density at radius 3 is 2.61 bits per heavy atom. The van der Waals surface area contributed by atoms with Crippen molar-refractivity contribution in [1.82, 2.24) is 9.97 Å². The van der Waals surface area contributed by atoms with Crippen molar-refractivity contribution >= 4 is 0 Å². The molecule has 2 aromatic heterocycles. The molecule has 0 fully saturated rings. The fourth-order valence-electron chi connectivity index (χ4n) is 1.78. The highest BCUT2D eigenvalue weighted by Crippen LogP contribution is 2.21. The van der Waals surface area contributed by atoms with E-state index in [1.165, 1.54) is 0 Å². The van der Waals surface area contributed by atoms with Crippen LogP contribution in [0.15, 0.2) is 36.5 Å². The van der Waals surface area contributed by atoms with Gasteiger partial charge >= 0.3 is 0 Å². The van der Waals surface area contributed by atoms with E-state index in [9.17, 15) is 0 Å². The van der Waals surface area contributed by atoms with Gasteiger partial charge in [-0.05, 0) is 24.3 Å². The van der Waals surface area contributed by atoms with E-state index in [1.54, 1.807) is 20.4 Å². The van der Waals surface area contributed by atoms with Crippen molar-refractivity contribution in [2.24, 2.45) is 0 Å². The highest BCUT2D eigenvalue weighted by atomic mass is 16.5. The van der Waals surface area contributed by atoms with Crippen LogP contribution in [-0.2, 0) is 22.7 Å². The van der Waals surface area contributed by atoms with Crippen LogP contribution < -0.4 is 0 Å². The smallest absolute Gasteiger partial charge is 0.0890 e. The predicted octanol–water partition coefficient (Wildman–Crippen LogP) is 2.44. The molecule has 0 radical (unpaired) electrons. The summed E-state index contributed by atoms with van der Waals surface area (Å²) in [5.41, 5.74) is 3.69. The average molecular weight is 244 g/mol. The Balaban J connectivity index is 2.38. The first-order chi connectivity index (χ1) is 8.85. The molecule has 2 heterocycles. The minimum Gasteiger partial charge on any atom is -0.378 e. The average Bonchev–Trinajstić information content (AvgIpc) is 2.40. The van der Waals surface area contributed by atoms with Gasteiger partial charge in [-0.25, -0.2) is 0 Å². The number of hydrogen-bond acceptors (Lipinski definition) is 4. The van der Waals surface area contributed by atoms with Gasteiger partial charge in [-0.1, -0.05) is 6.07 Å². The molecule has 0 bridgehead atoms. The number of hydrogen-bond donors (Lipinski definition) is 0. The summed E-state index contributed by atoms with van der Waals surface area (Å²) in [6, 6.07) is 9.79. The zero-order chi connectivity index (χ0) is 12.8. The number of nitrogens with zero attached hydrogens (tertiary/aromatic N) is 2. The fourth-order valence-corrected chi connectivity index (χ4v) is 1.78. The zero-order valence-corrected chi connectivity index (χ0v) is 10.6. The Hall–Kier alpha value is -1.78. The molecule has 94 valence electrons. The SMILES string of the molecule is COCc1cccc(-c2cccnc2COC)n1. The molecule has 0 saturated heterocycles. The molecule has 0 aromatic carbocycles. The predicted molar refractivity (Wildman–Crippen MR) is 68.9 cm³/mol. The van der Waals surface area contributed by atoms with Crippen LogP contribution in [0, 0.1) is 0 Å². The highest BCUT2D eigenvalue weighted by Gasteiger charge is 2.07. The molecule has 0 saturated carbocycles.